The molecule has 1 aromatic carbocycles. The Bertz CT molecular complexity index is 749. The number of likely N-dealkylation sites (tertiary alicyclic amines) is 1. The molecule has 26 heavy (non-hydrogen) atoms. The van der Waals surface area contributed by atoms with Crippen LogP contribution in [-0.2, 0) is 10.0 Å². The number of primary sulfonamides is 1. The zero-order valence-electron chi connectivity index (χ0n) is 15.4. The molecule has 1 aliphatic carbocycles. The predicted octanol–water partition coefficient (Wildman–Crippen LogP) is 2.17. The molecule has 0 aromatic heterocycles. The summed E-state index contributed by atoms with van der Waals surface area (Å²) in [4.78, 5) is 15.1. The molecule has 3 N–H and O–H groups in total. The molecule has 3 rings (SSSR count). The van der Waals surface area contributed by atoms with E-state index in [1.54, 1.807) is 19.1 Å². The van der Waals surface area contributed by atoms with Gasteiger partial charge in [-0.15, -0.1) is 0 Å². The molecule has 0 unspecified atom stereocenters. The summed E-state index contributed by atoms with van der Waals surface area (Å²) < 4.78 is 23.3. The lowest BCUT2D eigenvalue weighted by atomic mass is 9.92. The maximum absolute atomic E-state index is 12.5. The fourth-order valence-electron chi connectivity index (χ4n) is 4.17. The fraction of sp³-hybridized carbons (Fsp3) is 0.632. The summed E-state index contributed by atoms with van der Waals surface area (Å²) in [7, 11) is -3.83. The van der Waals surface area contributed by atoms with Gasteiger partial charge in [-0.2, -0.15) is 0 Å². The van der Waals surface area contributed by atoms with Crippen LogP contribution in [0.3, 0.4) is 0 Å². The number of piperidine rings is 1. The Morgan fingerprint density at radius 3 is 2.38 bits per heavy atom. The monoisotopic (exact) mass is 379 g/mol. The first-order valence-electron chi connectivity index (χ1n) is 9.53. The zero-order chi connectivity index (χ0) is 18.7. The van der Waals surface area contributed by atoms with Crippen molar-refractivity contribution in [3.63, 3.8) is 0 Å². The van der Waals surface area contributed by atoms with Crippen LogP contribution >= 0.6 is 0 Å². The smallest absolute Gasteiger partial charge is 0.251 e. The minimum Gasteiger partial charge on any atom is -0.349 e. The van der Waals surface area contributed by atoms with Crippen LogP contribution in [0.2, 0.25) is 0 Å². The van der Waals surface area contributed by atoms with E-state index in [0.29, 0.717) is 11.1 Å². The Hall–Kier alpha value is -1.44. The number of aryl methyl sites for hydroxylation is 1. The highest BCUT2D eigenvalue weighted by molar-refractivity contribution is 7.89. The first-order valence-corrected chi connectivity index (χ1v) is 11.1. The van der Waals surface area contributed by atoms with Gasteiger partial charge in [0.15, 0.2) is 0 Å². The maximum atomic E-state index is 12.5. The van der Waals surface area contributed by atoms with Crippen molar-refractivity contribution >= 4 is 15.9 Å². The van der Waals surface area contributed by atoms with Gasteiger partial charge in [-0.1, -0.05) is 25.3 Å². The highest BCUT2D eigenvalue weighted by Crippen LogP contribution is 2.25. The molecular formula is C19H29N3O3S. The molecule has 1 heterocycles. The number of rotatable bonds is 4. The van der Waals surface area contributed by atoms with E-state index < -0.39 is 10.0 Å². The molecule has 6 nitrogen and oxygen atoms in total. The van der Waals surface area contributed by atoms with Gasteiger partial charge in [0, 0.05) is 30.7 Å². The number of nitrogens with zero attached hydrogens (tertiary/aromatic N) is 1. The molecule has 1 amide bonds. The van der Waals surface area contributed by atoms with Gasteiger partial charge in [0.1, 0.15) is 0 Å². The standard InChI is InChI=1S/C19H29N3O3S/c1-14-7-8-15(13-18(14)26(20,24)25)19(23)21-16-9-11-22(12-10-16)17-5-3-2-4-6-17/h7-8,13,16-17H,2-6,9-12H2,1H3,(H,21,23)(H2,20,24,25). The van der Waals surface area contributed by atoms with Gasteiger partial charge in [-0.25, -0.2) is 13.6 Å². The molecule has 1 saturated heterocycles. The van der Waals surface area contributed by atoms with Crippen LogP contribution in [0.15, 0.2) is 23.1 Å². The lowest BCUT2D eigenvalue weighted by molar-refractivity contribution is 0.0865. The second-order valence-corrected chi connectivity index (χ2v) is 9.13. The first-order chi connectivity index (χ1) is 12.3. The van der Waals surface area contributed by atoms with Crippen molar-refractivity contribution in [2.24, 2.45) is 5.14 Å². The summed E-state index contributed by atoms with van der Waals surface area (Å²) in [5.41, 5.74) is 0.888. The second kappa shape index (κ2) is 8.06. The summed E-state index contributed by atoms with van der Waals surface area (Å²) in [6.07, 6.45) is 8.52. The van der Waals surface area contributed by atoms with E-state index in [1.807, 2.05) is 0 Å². The quantitative estimate of drug-likeness (QED) is 0.838. The molecule has 0 atom stereocenters. The summed E-state index contributed by atoms with van der Waals surface area (Å²) >= 11 is 0. The van der Waals surface area contributed by atoms with Crippen LogP contribution in [0.1, 0.15) is 60.9 Å². The molecule has 0 bridgehead atoms. The van der Waals surface area contributed by atoms with Gasteiger partial charge in [0.25, 0.3) is 5.91 Å². The number of nitrogens with two attached hydrogens (primary N) is 1. The lowest BCUT2D eigenvalue weighted by Crippen LogP contribution is -2.48. The zero-order valence-corrected chi connectivity index (χ0v) is 16.2. The van der Waals surface area contributed by atoms with Crippen molar-refractivity contribution in [3.05, 3.63) is 29.3 Å². The van der Waals surface area contributed by atoms with Crippen LogP contribution < -0.4 is 10.5 Å². The first kappa shape index (κ1) is 19.3. The number of benzene rings is 1. The Kier molecular flexibility index (Phi) is 5.99. The van der Waals surface area contributed by atoms with E-state index in [0.717, 1.165) is 32.0 Å². The average molecular weight is 380 g/mol. The fourth-order valence-corrected chi connectivity index (χ4v) is 4.98. The van der Waals surface area contributed by atoms with Gasteiger partial charge < -0.3 is 10.2 Å². The minimum absolute atomic E-state index is 0.0114. The van der Waals surface area contributed by atoms with Crippen molar-refractivity contribution in [1.82, 2.24) is 10.2 Å². The number of nitrogens with one attached hydrogen (secondary N) is 1. The van der Waals surface area contributed by atoms with Gasteiger partial charge in [0.05, 0.1) is 4.90 Å². The number of sulfonamides is 1. The summed E-state index contributed by atoms with van der Waals surface area (Å²) in [5.74, 6) is -0.231. The van der Waals surface area contributed by atoms with Crippen molar-refractivity contribution < 1.29 is 13.2 Å². The van der Waals surface area contributed by atoms with E-state index in [2.05, 4.69) is 10.2 Å². The van der Waals surface area contributed by atoms with Crippen LogP contribution in [0.25, 0.3) is 0 Å². The Morgan fingerprint density at radius 2 is 1.77 bits per heavy atom. The largest absolute Gasteiger partial charge is 0.349 e. The maximum Gasteiger partial charge on any atom is 0.251 e. The number of hydrogen-bond acceptors (Lipinski definition) is 4. The Morgan fingerprint density at radius 1 is 1.12 bits per heavy atom. The third kappa shape index (κ3) is 4.64. The molecule has 1 aliphatic heterocycles. The molecule has 1 saturated carbocycles. The van der Waals surface area contributed by atoms with Crippen LogP contribution in [-0.4, -0.2) is 44.4 Å². The molecule has 0 radical (unpaired) electrons. The predicted molar refractivity (Wildman–Crippen MR) is 101 cm³/mol. The molecule has 1 aromatic rings. The summed E-state index contributed by atoms with van der Waals surface area (Å²) in [5, 5.41) is 8.29. The normalized spacial score (nSPS) is 20.8. The average Bonchev–Trinajstić information content (AvgIpc) is 2.62. The third-order valence-corrected chi connectivity index (χ3v) is 6.77. The van der Waals surface area contributed by atoms with Crippen molar-refractivity contribution in [1.29, 1.82) is 0 Å². The van der Waals surface area contributed by atoms with Crippen molar-refractivity contribution in [2.75, 3.05) is 13.1 Å². The molecule has 144 valence electrons. The molecule has 2 fully saturated rings. The number of carbonyl (C=O) groups excluding carboxylic acids is 1. The SMILES string of the molecule is Cc1ccc(C(=O)NC2CCN(C3CCCCC3)CC2)cc1S(N)(=O)=O. The minimum atomic E-state index is -3.83. The highest BCUT2D eigenvalue weighted by Gasteiger charge is 2.27. The topological polar surface area (TPSA) is 92.5 Å². The van der Waals surface area contributed by atoms with Crippen molar-refractivity contribution in [3.8, 4) is 0 Å². The number of carbonyl (C=O) groups is 1. The van der Waals surface area contributed by atoms with E-state index in [4.69, 9.17) is 5.14 Å². The van der Waals surface area contributed by atoms with Gasteiger partial charge in [0.2, 0.25) is 10.0 Å². The summed E-state index contributed by atoms with van der Waals surface area (Å²) in [6, 6.07) is 5.50. The van der Waals surface area contributed by atoms with E-state index in [9.17, 15) is 13.2 Å². The van der Waals surface area contributed by atoms with E-state index in [-0.39, 0.29) is 16.8 Å². The lowest BCUT2D eigenvalue weighted by Gasteiger charge is -2.39. The molecule has 2 aliphatic rings. The number of hydrogen-bond donors (Lipinski definition) is 2. The highest BCUT2D eigenvalue weighted by atomic mass is 32.2. The Balaban J connectivity index is 1.58. The summed E-state index contributed by atoms with van der Waals surface area (Å²) in [6.45, 7) is 3.71. The van der Waals surface area contributed by atoms with E-state index in [1.165, 1.54) is 38.2 Å². The van der Waals surface area contributed by atoms with Crippen molar-refractivity contribution in [2.45, 2.75) is 68.8 Å². The van der Waals surface area contributed by atoms with Crippen LogP contribution in [0, 0.1) is 6.92 Å². The third-order valence-electron chi connectivity index (χ3n) is 5.71. The van der Waals surface area contributed by atoms with E-state index >= 15 is 0 Å². The Labute approximate surface area is 156 Å². The number of amides is 1. The second-order valence-electron chi connectivity index (χ2n) is 7.60. The van der Waals surface area contributed by atoms with Gasteiger partial charge in [-0.05, 0) is 50.3 Å². The molecular weight excluding hydrogens is 350 g/mol. The van der Waals surface area contributed by atoms with Crippen LogP contribution in [0.5, 0.6) is 0 Å². The van der Waals surface area contributed by atoms with Gasteiger partial charge >= 0.3 is 0 Å². The molecule has 0 spiro atoms. The van der Waals surface area contributed by atoms with Gasteiger partial charge in [-0.3, -0.25) is 4.79 Å². The molecule has 7 heteroatoms. The van der Waals surface area contributed by atoms with Crippen LogP contribution in [0.4, 0.5) is 0 Å².